The highest BCUT2D eigenvalue weighted by Gasteiger charge is 2.13. The Morgan fingerprint density at radius 1 is 1.73 bits per heavy atom. The van der Waals surface area contributed by atoms with Gasteiger partial charge in [-0.1, -0.05) is 0 Å². The van der Waals surface area contributed by atoms with Crippen molar-refractivity contribution in [3.05, 3.63) is 0 Å². The predicted octanol–water partition coefficient (Wildman–Crippen LogP) is -0.701. The molecule has 0 spiro atoms. The molecule has 1 atom stereocenters. The summed E-state index contributed by atoms with van der Waals surface area (Å²) in [6.07, 6.45) is 0. The second kappa shape index (κ2) is 4.97. The van der Waals surface area contributed by atoms with E-state index in [0.29, 0.717) is 0 Å². The van der Waals surface area contributed by atoms with Gasteiger partial charge in [-0.15, -0.1) is 0 Å². The molecule has 0 aliphatic rings. The zero-order chi connectivity index (χ0) is 8.85. The van der Waals surface area contributed by atoms with E-state index >= 15 is 0 Å². The van der Waals surface area contributed by atoms with Crippen LogP contribution in [0.5, 0.6) is 0 Å². The molecule has 3 N–H and O–H groups in total. The van der Waals surface area contributed by atoms with Gasteiger partial charge in [-0.3, -0.25) is 4.79 Å². The average Bonchev–Trinajstić information content (AvgIpc) is 1.98. The van der Waals surface area contributed by atoms with Gasteiger partial charge in [0.25, 0.3) is 0 Å². The second-order valence-electron chi connectivity index (χ2n) is 1.81. The maximum absolute atomic E-state index is 11.4. The molecule has 11 heavy (non-hydrogen) atoms. The van der Waals surface area contributed by atoms with Gasteiger partial charge < -0.3 is 15.8 Å². The van der Waals surface area contributed by atoms with Crippen molar-refractivity contribution in [1.82, 2.24) is 5.32 Å². The molecule has 0 aromatic heterocycles. The Bertz CT molecular complexity index is 132. The van der Waals surface area contributed by atoms with Crippen molar-refractivity contribution in [2.45, 2.75) is 12.7 Å². The zero-order valence-electron chi connectivity index (χ0n) is 6.01. The Morgan fingerprint density at radius 3 is 2.64 bits per heavy atom. The number of hydrogen-bond acceptors (Lipinski definition) is 3. The number of carbonyl (C=O) groups is 1. The van der Waals surface area contributed by atoms with Gasteiger partial charge in [0, 0.05) is 7.05 Å². The molecule has 1 unspecified atom stereocenters. The number of carbonyl (C=O) groups excluding carboxylic acids is 1. The van der Waals surface area contributed by atoms with Crippen LogP contribution in [0, 0.1) is 0 Å². The highest BCUT2D eigenvalue weighted by atomic mass is 19.3. The van der Waals surface area contributed by atoms with Crippen LogP contribution in [0.15, 0.2) is 0 Å². The number of likely N-dealkylation sites (N-methyl/N-ethyl adjacent to an activating group) is 1. The molecular weight excluding hydrogens is 158 g/mol. The summed E-state index contributed by atoms with van der Waals surface area (Å²) in [4.78, 5) is 10.6. The number of halogens is 2. The molecule has 0 aromatic rings. The number of ether oxygens (including phenoxy) is 1. The largest absolute Gasteiger partial charge is 0.358 e. The van der Waals surface area contributed by atoms with E-state index in [1.807, 2.05) is 0 Å². The van der Waals surface area contributed by atoms with E-state index in [4.69, 9.17) is 5.73 Å². The van der Waals surface area contributed by atoms with Crippen molar-refractivity contribution in [2.24, 2.45) is 5.73 Å². The first-order valence-corrected chi connectivity index (χ1v) is 2.95. The number of rotatable bonds is 4. The summed E-state index contributed by atoms with van der Waals surface area (Å²) in [6, 6.07) is -1.03. The van der Waals surface area contributed by atoms with Crippen LogP contribution in [-0.2, 0) is 9.53 Å². The smallest absolute Gasteiger partial charge is 0.345 e. The van der Waals surface area contributed by atoms with E-state index in [0.717, 1.165) is 0 Å². The maximum Gasteiger partial charge on any atom is 0.345 e. The van der Waals surface area contributed by atoms with Gasteiger partial charge in [-0.05, 0) is 0 Å². The summed E-state index contributed by atoms with van der Waals surface area (Å²) in [5, 5.41) is 2.20. The molecule has 66 valence electrons. The lowest BCUT2D eigenvalue weighted by Crippen LogP contribution is -2.42. The molecular formula is C5H10F2N2O2. The molecule has 0 aliphatic heterocycles. The maximum atomic E-state index is 11.4. The number of nitrogens with two attached hydrogens (primary N) is 1. The van der Waals surface area contributed by atoms with E-state index in [-0.39, 0.29) is 0 Å². The van der Waals surface area contributed by atoms with E-state index < -0.39 is 25.2 Å². The molecule has 4 nitrogen and oxygen atoms in total. The fraction of sp³-hybridized carbons (Fsp3) is 0.800. The summed E-state index contributed by atoms with van der Waals surface area (Å²) in [7, 11) is 1.37. The molecule has 6 heteroatoms. The van der Waals surface area contributed by atoms with Crippen LogP contribution in [0.4, 0.5) is 8.78 Å². The van der Waals surface area contributed by atoms with Gasteiger partial charge in [0.15, 0.2) is 0 Å². The van der Waals surface area contributed by atoms with Crippen LogP contribution in [0.25, 0.3) is 0 Å². The SMILES string of the molecule is CNC(=O)C(N)COC(F)F. The minimum Gasteiger partial charge on any atom is -0.358 e. The fourth-order valence-electron chi connectivity index (χ4n) is 0.437. The molecule has 0 rings (SSSR count). The Morgan fingerprint density at radius 2 is 2.27 bits per heavy atom. The number of nitrogens with one attached hydrogen (secondary N) is 1. The molecule has 0 saturated heterocycles. The lowest BCUT2D eigenvalue weighted by atomic mass is 10.3. The van der Waals surface area contributed by atoms with Crippen LogP contribution in [-0.4, -0.2) is 32.2 Å². The average molecular weight is 168 g/mol. The lowest BCUT2D eigenvalue weighted by Gasteiger charge is -2.09. The molecule has 0 aliphatic carbocycles. The van der Waals surface area contributed by atoms with Crippen LogP contribution in [0.2, 0.25) is 0 Å². The van der Waals surface area contributed by atoms with Gasteiger partial charge in [0.05, 0.1) is 6.61 Å². The summed E-state index contributed by atoms with van der Waals surface area (Å²) in [5.41, 5.74) is 5.11. The van der Waals surface area contributed by atoms with E-state index in [9.17, 15) is 13.6 Å². The molecule has 0 aromatic carbocycles. The molecule has 1 amide bonds. The Labute approximate surface area is 62.7 Å². The Hall–Kier alpha value is -0.750. The van der Waals surface area contributed by atoms with E-state index in [1.165, 1.54) is 7.05 Å². The molecule has 0 radical (unpaired) electrons. The summed E-state index contributed by atoms with van der Waals surface area (Å²) in [6.45, 7) is -3.36. The molecule has 0 heterocycles. The minimum absolute atomic E-state index is 0.475. The van der Waals surface area contributed by atoms with Crippen LogP contribution in [0.3, 0.4) is 0 Å². The van der Waals surface area contributed by atoms with Gasteiger partial charge in [-0.2, -0.15) is 8.78 Å². The third kappa shape index (κ3) is 4.63. The van der Waals surface area contributed by atoms with Crippen LogP contribution in [0.1, 0.15) is 0 Å². The first-order valence-electron chi connectivity index (χ1n) is 2.95. The topological polar surface area (TPSA) is 64.4 Å². The van der Waals surface area contributed by atoms with E-state index in [2.05, 4.69) is 10.1 Å². The first kappa shape index (κ1) is 10.2. The number of amides is 1. The molecule has 0 fully saturated rings. The zero-order valence-corrected chi connectivity index (χ0v) is 6.01. The summed E-state index contributed by atoms with van der Waals surface area (Å²) < 4.78 is 26.5. The van der Waals surface area contributed by atoms with E-state index in [1.54, 1.807) is 0 Å². The van der Waals surface area contributed by atoms with Crippen molar-refractivity contribution in [2.75, 3.05) is 13.7 Å². The fourth-order valence-corrected chi connectivity index (χ4v) is 0.437. The predicted molar refractivity (Wildman–Crippen MR) is 34.0 cm³/mol. The summed E-state index contributed by atoms with van der Waals surface area (Å²) >= 11 is 0. The van der Waals surface area contributed by atoms with Gasteiger partial charge in [-0.25, -0.2) is 0 Å². The number of alkyl halides is 2. The minimum atomic E-state index is -2.88. The monoisotopic (exact) mass is 168 g/mol. The van der Waals surface area contributed by atoms with Gasteiger partial charge in [0.1, 0.15) is 6.04 Å². The highest BCUT2D eigenvalue weighted by Crippen LogP contribution is 1.94. The molecule has 0 bridgehead atoms. The first-order chi connectivity index (χ1) is 5.07. The standard InChI is InChI=1S/C5H10F2N2O2/c1-9-4(10)3(8)2-11-5(6)7/h3,5H,2,8H2,1H3,(H,9,10). The normalized spacial score (nSPS) is 13.2. The van der Waals surface area contributed by atoms with Crippen molar-refractivity contribution in [3.8, 4) is 0 Å². The Balaban J connectivity index is 3.52. The lowest BCUT2D eigenvalue weighted by molar-refractivity contribution is -0.141. The van der Waals surface area contributed by atoms with Crippen molar-refractivity contribution >= 4 is 5.91 Å². The quantitative estimate of drug-likeness (QED) is 0.583. The summed E-state index contributed by atoms with van der Waals surface area (Å²) in [5.74, 6) is -0.523. The van der Waals surface area contributed by atoms with Crippen molar-refractivity contribution < 1.29 is 18.3 Å². The van der Waals surface area contributed by atoms with Gasteiger partial charge >= 0.3 is 6.61 Å². The van der Waals surface area contributed by atoms with Crippen molar-refractivity contribution in [3.63, 3.8) is 0 Å². The third-order valence-electron chi connectivity index (χ3n) is 0.985. The second-order valence-corrected chi connectivity index (χ2v) is 1.81. The molecule has 0 saturated carbocycles. The number of hydrogen-bond donors (Lipinski definition) is 2. The highest BCUT2D eigenvalue weighted by molar-refractivity contribution is 5.81. The van der Waals surface area contributed by atoms with Crippen molar-refractivity contribution in [1.29, 1.82) is 0 Å². The van der Waals surface area contributed by atoms with Gasteiger partial charge in [0.2, 0.25) is 5.91 Å². The van der Waals surface area contributed by atoms with Crippen LogP contribution >= 0.6 is 0 Å². The Kier molecular flexibility index (Phi) is 4.64. The van der Waals surface area contributed by atoms with Crippen LogP contribution < -0.4 is 11.1 Å². The third-order valence-corrected chi connectivity index (χ3v) is 0.985.